The monoisotopic (exact) mass is 243 g/mol. The summed E-state index contributed by atoms with van der Waals surface area (Å²) in [6.07, 6.45) is 4.15. The summed E-state index contributed by atoms with van der Waals surface area (Å²) >= 11 is 0. The number of rotatable bonds is 5. The molecule has 1 heterocycles. The Balaban J connectivity index is 1.76. The highest BCUT2D eigenvalue weighted by molar-refractivity contribution is 4.98. The molecule has 0 aromatic rings. The molecular weight excluding hydrogens is 218 g/mol. The van der Waals surface area contributed by atoms with Crippen LogP contribution in [-0.4, -0.2) is 50.7 Å². The summed E-state index contributed by atoms with van der Waals surface area (Å²) in [4.78, 5) is 0. The van der Waals surface area contributed by atoms with Gasteiger partial charge in [0, 0.05) is 32.4 Å². The van der Waals surface area contributed by atoms with Gasteiger partial charge >= 0.3 is 0 Å². The fraction of sp³-hybridized carbons (Fsp3) is 1.00. The molecule has 1 aliphatic carbocycles. The summed E-state index contributed by atoms with van der Waals surface area (Å²) in [7, 11) is 1.77. The molecule has 100 valence electrons. The van der Waals surface area contributed by atoms with Crippen molar-refractivity contribution in [3.8, 4) is 0 Å². The third-order valence-corrected chi connectivity index (χ3v) is 3.84. The first-order valence-corrected chi connectivity index (χ1v) is 6.76. The van der Waals surface area contributed by atoms with E-state index in [2.05, 4.69) is 12.2 Å². The molecule has 1 saturated carbocycles. The lowest BCUT2D eigenvalue weighted by molar-refractivity contribution is -0.135. The van der Waals surface area contributed by atoms with Crippen LogP contribution in [0.2, 0.25) is 0 Å². The van der Waals surface area contributed by atoms with E-state index >= 15 is 0 Å². The van der Waals surface area contributed by atoms with Crippen LogP contribution in [0.25, 0.3) is 0 Å². The lowest BCUT2D eigenvalue weighted by Gasteiger charge is -2.45. The van der Waals surface area contributed by atoms with Gasteiger partial charge in [0.05, 0.1) is 18.3 Å². The van der Waals surface area contributed by atoms with Gasteiger partial charge in [-0.05, 0) is 33.1 Å². The van der Waals surface area contributed by atoms with Crippen LogP contribution < -0.4 is 5.32 Å². The molecule has 2 aliphatic rings. The second-order valence-electron chi connectivity index (χ2n) is 5.11. The molecule has 0 spiro atoms. The molecule has 1 aliphatic heterocycles. The number of methoxy groups -OCH3 is 1. The Morgan fingerprint density at radius 3 is 2.82 bits per heavy atom. The first-order chi connectivity index (χ1) is 8.24. The largest absolute Gasteiger partial charge is 0.378 e. The average molecular weight is 243 g/mol. The molecule has 0 aromatic heterocycles. The fourth-order valence-electron chi connectivity index (χ4n) is 2.89. The summed E-state index contributed by atoms with van der Waals surface area (Å²) < 4.78 is 16.7. The molecule has 2 rings (SSSR count). The fourth-order valence-corrected chi connectivity index (χ4v) is 2.89. The lowest BCUT2D eigenvalue weighted by atomic mass is 9.84. The van der Waals surface area contributed by atoms with Crippen molar-refractivity contribution in [3.05, 3.63) is 0 Å². The van der Waals surface area contributed by atoms with Crippen molar-refractivity contribution in [3.63, 3.8) is 0 Å². The summed E-state index contributed by atoms with van der Waals surface area (Å²) in [5.74, 6) is 0. The first kappa shape index (κ1) is 13.3. The highest BCUT2D eigenvalue weighted by atomic mass is 16.5. The Hall–Kier alpha value is -0.160. The van der Waals surface area contributed by atoms with E-state index in [4.69, 9.17) is 14.2 Å². The maximum Gasteiger partial charge on any atom is 0.0986 e. The second-order valence-corrected chi connectivity index (χ2v) is 5.11. The molecule has 1 saturated heterocycles. The SMILES string of the molecule is CCOC1CC(NC2CCOC(C)C2)C1OC. The molecule has 0 radical (unpaired) electrons. The van der Waals surface area contributed by atoms with Gasteiger partial charge < -0.3 is 19.5 Å². The lowest BCUT2D eigenvalue weighted by Crippen LogP contribution is -2.62. The number of nitrogens with one attached hydrogen (secondary N) is 1. The predicted molar refractivity (Wildman–Crippen MR) is 66.2 cm³/mol. The van der Waals surface area contributed by atoms with Crippen LogP contribution in [0.3, 0.4) is 0 Å². The molecule has 1 N–H and O–H groups in total. The zero-order valence-corrected chi connectivity index (χ0v) is 11.1. The van der Waals surface area contributed by atoms with Crippen molar-refractivity contribution >= 4 is 0 Å². The van der Waals surface area contributed by atoms with Gasteiger partial charge in [0.1, 0.15) is 0 Å². The van der Waals surface area contributed by atoms with E-state index in [-0.39, 0.29) is 12.2 Å². The molecule has 17 heavy (non-hydrogen) atoms. The second kappa shape index (κ2) is 6.14. The maximum absolute atomic E-state index is 5.63. The minimum atomic E-state index is 0.216. The predicted octanol–water partition coefficient (Wildman–Crippen LogP) is 1.34. The van der Waals surface area contributed by atoms with Gasteiger partial charge in [0.2, 0.25) is 0 Å². The van der Waals surface area contributed by atoms with Gasteiger partial charge in [0.25, 0.3) is 0 Å². The molecule has 2 fully saturated rings. The highest BCUT2D eigenvalue weighted by Gasteiger charge is 2.43. The van der Waals surface area contributed by atoms with Gasteiger partial charge in [0.15, 0.2) is 0 Å². The van der Waals surface area contributed by atoms with Crippen molar-refractivity contribution in [1.82, 2.24) is 5.32 Å². The normalized spacial score (nSPS) is 42.2. The van der Waals surface area contributed by atoms with Crippen LogP contribution in [0.1, 0.15) is 33.1 Å². The molecule has 5 unspecified atom stereocenters. The van der Waals surface area contributed by atoms with Crippen LogP contribution in [-0.2, 0) is 14.2 Å². The van der Waals surface area contributed by atoms with Crippen LogP contribution in [0.5, 0.6) is 0 Å². The van der Waals surface area contributed by atoms with Gasteiger partial charge in [-0.3, -0.25) is 0 Å². The van der Waals surface area contributed by atoms with Crippen molar-refractivity contribution in [1.29, 1.82) is 0 Å². The zero-order chi connectivity index (χ0) is 12.3. The minimum Gasteiger partial charge on any atom is -0.378 e. The maximum atomic E-state index is 5.63. The van der Waals surface area contributed by atoms with Crippen molar-refractivity contribution in [2.24, 2.45) is 0 Å². The molecule has 0 aromatic carbocycles. The van der Waals surface area contributed by atoms with E-state index < -0.39 is 0 Å². The number of hydrogen-bond donors (Lipinski definition) is 1. The highest BCUT2D eigenvalue weighted by Crippen LogP contribution is 2.28. The van der Waals surface area contributed by atoms with Crippen LogP contribution in [0, 0.1) is 0 Å². The van der Waals surface area contributed by atoms with Gasteiger partial charge in [-0.25, -0.2) is 0 Å². The third kappa shape index (κ3) is 3.19. The van der Waals surface area contributed by atoms with Crippen LogP contribution in [0.4, 0.5) is 0 Å². The van der Waals surface area contributed by atoms with Gasteiger partial charge in [-0.15, -0.1) is 0 Å². The minimum absolute atomic E-state index is 0.216. The Labute approximate surface area is 104 Å². The van der Waals surface area contributed by atoms with Gasteiger partial charge in [-0.2, -0.15) is 0 Å². The third-order valence-electron chi connectivity index (χ3n) is 3.84. The quantitative estimate of drug-likeness (QED) is 0.791. The van der Waals surface area contributed by atoms with E-state index in [9.17, 15) is 0 Å². The van der Waals surface area contributed by atoms with E-state index in [0.29, 0.717) is 18.2 Å². The van der Waals surface area contributed by atoms with Crippen LogP contribution in [0.15, 0.2) is 0 Å². The number of hydrogen-bond acceptors (Lipinski definition) is 4. The van der Waals surface area contributed by atoms with Gasteiger partial charge in [-0.1, -0.05) is 0 Å². The Morgan fingerprint density at radius 1 is 1.35 bits per heavy atom. The Bertz CT molecular complexity index is 237. The van der Waals surface area contributed by atoms with E-state index in [1.54, 1.807) is 7.11 Å². The topological polar surface area (TPSA) is 39.7 Å². The standard InChI is InChI=1S/C13H25NO3/c1-4-16-12-8-11(13(12)15-3)14-10-5-6-17-9(2)7-10/h9-14H,4-8H2,1-3H3. The summed E-state index contributed by atoms with van der Waals surface area (Å²) in [6.45, 7) is 5.82. The van der Waals surface area contributed by atoms with E-state index in [0.717, 1.165) is 32.5 Å². The molecular formula is C13H25NO3. The summed E-state index contributed by atoms with van der Waals surface area (Å²) in [6, 6.07) is 1.02. The summed E-state index contributed by atoms with van der Waals surface area (Å²) in [5, 5.41) is 3.69. The number of ether oxygens (including phenoxy) is 3. The first-order valence-electron chi connectivity index (χ1n) is 6.76. The van der Waals surface area contributed by atoms with Crippen molar-refractivity contribution in [2.75, 3.05) is 20.3 Å². The van der Waals surface area contributed by atoms with Crippen molar-refractivity contribution < 1.29 is 14.2 Å². The van der Waals surface area contributed by atoms with E-state index in [1.165, 1.54) is 0 Å². The molecule has 5 atom stereocenters. The van der Waals surface area contributed by atoms with Crippen molar-refractivity contribution in [2.45, 2.75) is 63.5 Å². The molecule has 4 nitrogen and oxygen atoms in total. The summed E-state index contributed by atoms with van der Waals surface area (Å²) in [5.41, 5.74) is 0. The average Bonchev–Trinajstić information content (AvgIpc) is 2.28. The Kier molecular flexibility index (Phi) is 4.79. The molecule has 4 heteroatoms. The molecule has 0 bridgehead atoms. The smallest absolute Gasteiger partial charge is 0.0986 e. The van der Waals surface area contributed by atoms with E-state index in [1.807, 2.05) is 6.92 Å². The van der Waals surface area contributed by atoms with Crippen LogP contribution >= 0.6 is 0 Å². The Morgan fingerprint density at radius 2 is 2.18 bits per heavy atom. The molecule has 0 amide bonds. The zero-order valence-electron chi connectivity index (χ0n) is 11.1.